The standard InChI is InChI=1S/C22H28FN3O/c1-24-21(26(2)16-18-6-4-3-5-7-18)25-17-22(12-14-27-15-13-22)19-8-10-20(23)11-9-19/h3-11H,12-17H2,1-2H3,(H,24,25). The summed E-state index contributed by atoms with van der Waals surface area (Å²) in [6.45, 7) is 2.97. The van der Waals surface area contributed by atoms with E-state index in [4.69, 9.17) is 4.74 Å². The largest absolute Gasteiger partial charge is 0.381 e. The van der Waals surface area contributed by atoms with Crippen LogP contribution in [0, 0.1) is 5.82 Å². The van der Waals surface area contributed by atoms with Gasteiger partial charge >= 0.3 is 0 Å². The van der Waals surface area contributed by atoms with Gasteiger partial charge in [-0.15, -0.1) is 0 Å². The van der Waals surface area contributed by atoms with Gasteiger partial charge in [-0.25, -0.2) is 4.39 Å². The van der Waals surface area contributed by atoms with E-state index in [1.807, 2.05) is 37.4 Å². The fourth-order valence-corrected chi connectivity index (χ4v) is 3.70. The van der Waals surface area contributed by atoms with Crippen molar-refractivity contribution >= 4 is 5.96 Å². The Morgan fingerprint density at radius 1 is 1.11 bits per heavy atom. The molecule has 4 nitrogen and oxygen atoms in total. The van der Waals surface area contributed by atoms with Crippen LogP contribution >= 0.6 is 0 Å². The number of aliphatic imine (C=N–C) groups is 1. The number of hydrogen-bond donors (Lipinski definition) is 1. The monoisotopic (exact) mass is 369 g/mol. The molecule has 0 atom stereocenters. The summed E-state index contributed by atoms with van der Waals surface area (Å²) in [5, 5.41) is 3.54. The number of benzene rings is 2. The van der Waals surface area contributed by atoms with E-state index in [0.717, 1.165) is 50.7 Å². The summed E-state index contributed by atoms with van der Waals surface area (Å²) in [4.78, 5) is 6.57. The Hall–Kier alpha value is -2.40. The molecule has 2 aromatic rings. The lowest BCUT2D eigenvalue weighted by atomic mass is 9.74. The van der Waals surface area contributed by atoms with E-state index in [1.54, 1.807) is 19.2 Å². The average Bonchev–Trinajstić information content (AvgIpc) is 2.70. The van der Waals surface area contributed by atoms with Gasteiger partial charge in [0.1, 0.15) is 5.82 Å². The van der Waals surface area contributed by atoms with E-state index in [9.17, 15) is 4.39 Å². The first-order valence-corrected chi connectivity index (χ1v) is 9.42. The molecule has 27 heavy (non-hydrogen) atoms. The topological polar surface area (TPSA) is 36.9 Å². The maximum Gasteiger partial charge on any atom is 0.193 e. The third-order valence-corrected chi connectivity index (χ3v) is 5.33. The molecule has 0 saturated carbocycles. The first kappa shape index (κ1) is 19.4. The Labute approximate surface area is 161 Å². The van der Waals surface area contributed by atoms with E-state index >= 15 is 0 Å². The van der Waals surface area contributed by atoms with Gasteiger partial charge < -0.3 is 15.0 Å². The van der Waals surface area contributed by atoms with Crippen molar-refractivity contribution in [2.75, 3.05) is 33.9 Å². The molecule has 1 aliphatic rings. The van der Waals surface area contributed by atoms with Crippen molar-refractivity contribution in [2.24, 2.45) is 4.99 Å². The minimum Gasteiger partial charge on any atom is -0.381 e. The van der Waals surface area contributed by atoms with Crippen molar-refractivity contribution in [3.05, 3.63) is 71.5 Å². The summed E-state index contributed by atoms with van der Waals surface area (Å²) in [5.41, 5.74) is 2.32. The summed E-state index contributed by atoms with van der Waals surface area (Å²) < 4.78 is 19.0. The molecule has 3 rings (SSSR count). The summed E-state index contributed by atoms with van der Waals surface area (Å²) in [7, 11) is 3.84. The molecule has 0 unspecified atom stereocenters. The highest BCUT2D eigenvalue weighted by Gasteiger charge is 2.34. The zero-order valence-corrected chi connectivity index (χ0v) is 16.1. The summed E-state index contributed by atoms with van der Waals surface area (Å²) in [6.07, 6.45) is 1.82. The molecule has 1 aliphatic heterocycles. The summed E-state index contributed by atoms with van der Waals surface area (Å²) in [5.74, 6) is 0.652. The zero-order valence-electron chi connectivity index (χ0n) is 16.1. The van der Waals surface area contributed by atoms with Crippen LogP contribution in [0.3, 0.4) is 0 Å². The second kappa shape index (κ2) is 9.00. The van der Waals surface area contributed by atoms with Crippen molar-refractivity contribution in [2.45, 2.75) is 24.8 Å². The van der Waals surface area contributed by atoms with Crippen LogP contribution in [0.25, 0.3) is 0 Å². The van der Waals surface area contributed by atoms with Crippen LogP contribution in [0.4, 0.5) is 4.39 Å². The van der Waals surface area contributed by atoms with Gasteiger partial charge in [0.15, 0.2) is 5.96 Å². The Morgan fingerprint density at radius 3 is 2.41 bits per heavy atom. The van der Waals surface area contributed by atoms with Gasteiger partial charge in [0.2, 0.25) is 0 Å². The molecular formula is C22H28FN3O. The first-order chi connectivity index (χ1) is 13.1. The van der Waals surface area contributed by atoms with Gasteiger partial charge in [-0.2, -0.15) is 0 Å². The second-order valence-corrected chi connectivity index (χ2v) is 7.14. The SMILES string of the molecule is CN=C(NCC1(c2ccc(F)cc2)CCOCC1)N(C)Cc1ccccc1. The predicted molar refractivity (Wildman–Crippen MR) is 107 cm³/mol. The number of guanidine groups is 1. The van der Waals surface area contributed by atoms with Gasteiger partial charge in [-0.3, -0.25) is 4.99 Å². The molecular weight excluding hydrogens is 341 g/mol. The van der Waals surface area contributed by atoms with Crippen LogP contribution in [0.2, 0.25) is 0 Å². The van der Waals surface area contributed by atoms with Crippen molar-refractivity contribution < 1.29 is 9.13 Å². The number of nitrogens with zero attached hydrogens (tertiary/aromatic N) is 2. The lowest BCUT2D eigenvalue weighted by molar-refractivity contribution is 0.0512. The second-order valence-electron chi connectivity index (χ2n) is 7.14. The highest BCUT2D eigenvalue weighted by atomic mass is 19.1. The Morgan fingerprint density at radius 2 is 1.78 bits per heavy atom. The zero-order chi connectivity index (χ0) is 19.1. The predicted octanol–water partition coefficient (Wildman–Crippen LogP) is 3.58. The molecule has 144 valence electrons. The molecule has 0 bridgehead atoms. The smallest absolute Gasteiger partial charge is 0.193 e. The molecule has 5 heteroatoms. The molecule has 2 aromatic carbocycles. The molecule has 0 radical (unpaired) electrons. The number of ether oxygens (including phenoxy) is 1. The quantitative estimate of drug-likeness (QED) is 0.647. The lowest BCUT2D eigenvalue weighted by Gasteiger charge is -2.39. The van der Waals surface area contributed by atoms with Crippen LogP contribution in [0.15, 0.2) is 59.6 Å². The Kier molecular flexibility index (Phi) is 6.45. The van der Waals surface area contributed by atoms with Crippen LogP contribution in [0.5, 0.6) is 0 Å². The molecule has 0 spiro atoms. The molecule has 1 saturated heterocycles. The van der Waals surface area contributed by atoms with Crippen LogP contribution in [-0.4, -0.2) is 44.7 Å². The van der Waals surface area contributed by atoms with Crippen molar-refractivity contribution in [3.63, 3.8) is 0 Å². The first-order valence-electron chi connectivity index (χ1n) is 9.42. The lowest BCUT2D eigenvalue weighted by Crippen LogP contribution is -2.48. The Bertz CT molecular complexity index is 740. The number of rotatable bonds is 5. The Balaban J connectivity index is 1.71. The van der Waals surface area contributed by atoms with Gasteiger partial charge in [-0.05, 0) is 36.1 Å². The van der Waals surface area contributed by atoms with E-state index in [2.05, 4.69) is 27.3 Å². The van der Waals surface area contributed by atoms with E-state index in [1.165, 1.54) is 5.56 Å². The van der Waals surface area contributed by atoms with Crippen LogP contribution < -0.4 is 5.32 Å². The number of hydrogen-bond acceptors (Lipinski definition) is 2. The summed E-state index contributed by atoms with van der Waals surface area (Å²) >= 11 is 0. The summed E-state index contributed by atoms with van der Waals surface area (Å²) in [6, 6.07) is 17.2. The molecule has 1 fully saturated rings. The van der Waals surface area contributed by atoms with Gasteiger partial charge in [-0.1, -0.05) is 42.5 Å². The normalized spacial score (nSPS) is 16.8. The number of nitrogens with one attached hydrogen (secondary N) is 1. The van der Waals surface area contributed by atoms with E-state index < -0.39 is 0 Å². The van der Waals surface area contributed by atoms with Crippen LogP contribution in [0.1, 0.15) is 24.0 Å². The van der Waals surface area contributed by atoms with Gasteiger partial charge in [0.25, 0.3) is 0 Å². The third kappa shape index (κ3) is 4.86. The minimum absolute atomic E-state index is 0.0739. The fraction of sp³-hybridized carbons (Fsp3) is 0.409. The van der Waals surface area contributed by atoms with Crippen molar-refractivity contribution in [1.29, 1.82) is 0 Å². The van der Waals surface area contributed by atoms with Crippen molar-refractivity contribution in [3.8, 4) is 0 Å². The molecule has 0 amide bonds. The molecule has 1 heterocycles. The molecule has 0 aliphatic carbocycles. The minimum atomic E-state index is -0.202. The third-order valence-electron chi connectivity index (χ3n) is 5.33. The van der Waals surface area contributed by atoms with Crippen molar-refractivity contribution in [1.82, 2.24) is 10.2 Å². The maximum absolute atomic E-state index is 13.4. The molecule has 1 N–H and O–H groups in total. The van der Waals surface area contributed by atoms with Gasteiger partial charge in [0.05, 0.1) is 0 Å². The number of halogens is 1. The maximum atomic E-state index is 13.4. The van der Waals surface area contributed by atoms with E-state index in [-0.39, 0.29) is 11.2 Å². The molecule has 0 aromatic heterocycles. The van der Waals surface area contributed by atoms with E-state index in [0.29, 0.717) is 0 Å². The van der Waals surface area contributed by atoms with Gasteiger partial charge in [0, 0.05) is 45.8 Å². The average molecular weight is 369 g/mol. The highest BCUT2D eigenvalue weighted by Crippen LogP contribution is 2.34. The fourth-order valence-electron chi connectivity index (χ4n) is 3.70. The van der Waals surface area contributed by atoms with Crippen LogP contribution in [-0.2, 0) is 16.7 Å². The highest BCUT2D eigenvalue weighted by molar-refractivity contribution is 5.79.